The third-order valence-electron chi connectivity index (χ3n) is 6.14. The van der Waals surface area contributed by atoms with Gasteiger partial charge in [-0.15, -0.1) is 11.8 Å². The van der Waals surface area contributed by atoms with E-state index in [0.717, 1.165) is 4.90 Å². The Hall–Kier alpha value is -5.02. The average Bonchev–Trinajstić information content (AvgIpc) is 3.04. The summed E-state index contributed by atoms with van der Waals surface area (Å²) in [5.41, 5.74) is 2.27. The zero-order valence-electron chi connectivity index (χ0n) is 23.4. The number of carbonyl (C=O) groups excluding carboxylic acids is 3. The molecule has 0 aliphatic carbocycles. The maximum absolute atomic E-state index is 13.3. The van der Waals surface area contributed by atoms with Crippen molar-refractivity contribution >= 4 is 41.1 Å². The van der Waals surface area contributed by atoms with Crippen LogP contribution in [0, 0.1) is 0 Å². The molecule has 0 unspecified atom stereocenters. The van der Waals surface area contributed by atoms with Gasteiger partial charge in [-0.05, 0) is 78.4 Å². The maximum Gasteiger partial charge on any atom is 0.272 e. The van der Waals surface area contributed by atoms with E-state index in [2.05, 4.69) is 10.6 Å². The second-order valence-corrected chi connectivity index (χ2v) is 9.96. The molecule has 0 bridgehead atoms. The van der Waals surface area contributed by atoms with E-state index >= 15 is 0 Å². The molecule has 0 heterocycles. The minimum atomic E-state index is -0.487. The molecule has 4 aromatic rings. The first-order valence-electron chi connectivity index (χ1n) is 12.9. The van der Waals surface area contributed by atoms with Gasteiger partial charge in [-0.2, -0.15) is 0 Å². The van der Waals surface area contributed by atoms with E-state index < -0.39 is 11.8 Å². The molecule has 0 saturated heterocycles. The first kappa shape index (κ1) is 30.0. The number of ether oxygens (including phenoxy) is 3. The van der Waals surface area contributed by atoms with E-state index in [4.69, 9.17) is 14.2 Å². The summed E-state index contributed by atoms with van der Waals surface area (Å²) in [4.78, 5) is 39.7. The van der Waals surface area contributed by atoms with Gasteiger partial charge in [0.25, 0.3) is 11.8 Å². The zero-order chi connectivity index (χ0) is 29.9. The average molecular weight is 583 g/mol. The van der Waals surface area contributed by atoms with Crippen molar-refractivity contribution in [3.8, 4) is 17.2 Å². The number of rotatable bonds is 12. The smallest absolute Gasteiger partial charge is 0.272 e. The summed E-state index contributed by atoms with van der Waals surface area (Å²) >= 11 is 1.38. The van der Waals surface area contributed by atoms with Gasteiger partial charge >= 0.3 is 0 Å². The van der Waals surface area contributed by atoms with E-state index in [0.29, 0.717) is 39.6 Å². The Balaban J connectivity index is 1.43. The van der Waals surface area contributed by atoms with Crippen LogP contribution in [0.15, 0.2) is 108 Å². The molecular formula is C33H30N2O6S. The summed E-state index contributed by atoms with van der Waals surface area (Å²) in [6, 6.07) is 28.0. The molecule has 0 aliphatic heterocycles. The first-order chi connectivity index (χ1) is 20.4. The summed E-state index contributed by atoms with van der Waals surface area (Å²) in [6.45, 7) is 0. The number of anilines is 1. The van der Waals surface area contributed by atoms with Gasteiger partial charge in [0.05, 0.1) is 27.1 Å². The molecule has 0 atom stereocenters. The van der Waals surface area contributed by atoms with Gasteiger partial charge < -0.3 is 24.8 Å². The predicted octanol–water partition coefficient (Wildman–Crippen LogP) is 6.10. The van der Waals surface area contributed by atoms with E-state index in [9.17, 15) is 14.4 Å². The SMILES string of the molecule is COc1ccc(/C=C(\NC(=O)c2ccccc2)C(=O)Nc2ccc(SCC(=O)c3ccc(OC)c(OC)c3)cc2)cc1. The van der Waals surface area contributed by atoms with Crippen molar-refractivity contribution in [2.45, 2.75) is 4.90 Å². The van der Waals surface area contributed by atoms with Crippen molar-refractivity contribution < 1.29 is 28.6 Å². The molecule has 8 nitrogen and oxygen atoms in total. The third-order valence-corrected chi connectivity index (χ3v) is 7.16. The monoisotopic (exact) mass is 582 g/mol. The molecule has 0 aliphatic rings. The van der Waals surface area contributed by atoms with E-state index in [1.807, 2.05) is 18.2 Å². The van der Waals surface area contributed by atoms with Crippen molar-refractivity contribution in [2.75, 3.05) is 32.4 Å². The predicted molar refractivity (Wildman–Crippen MR) is 165 cm³/mol. The fourth-order valence-corrected chi connectivity index (χ4v) is 4.68. The molecule has 0 fully saturated rings. The van der Waals surface area contributed by atoms with Crippen LogP contribution in [0.1, 0.15) is 26.3 Å². The highest BCUT2D eigenvalue weighted by Gasteiger charge is 2.16. The Labute approximate surface area is 248 Å². The fraction of sp³-hybridized carbons (Fsp3) is 0.121. The number of methoxy groups -OCH3 is 3. The number of nitrogens with one attached hydrogen (secondary N) is 2. The van der Waals surface area contributed by atoms with Crippen molar-refractivity contribution in [2.24, 2.45) is 0 Å². The van der Waals surface area contributed by atoms with Gasteiger partial charge in [0.2, 0.25) is 0 Å². The van der Waals surface area contributed by atoms with Crippen LogP contribution >= 0.6 is 11.8 Å². The Kier molecular flexibility index (Phi) is 10.4. The van der Waals surface area contributed by atoms with E-state index in [-0.39, 0.29) is 17.2 Å². The molecule has 214 valence electrons. The number of carbonyl (C=O) groups is 3. The summed E-state index contributed by atoms with van der Waals surface area (Å²) in [7, 11) is 4.64. The molecule has 4 aromatic carbocycles. The van der Waals surface area contributed by atoms with Gasteiger partial charge in [-0.25, -0.2) is 0 Å². The minimum absolute atomic E-state index is 0.0548. The Morgan fingerprint density at radius 2 is 1.43 bits per heavy atom. The second-order valence-electron chi connectivity index (χ2n) is 8.91. The molecule has 0 aromatic heterocycles. The number of thioether (sulfide) groups is 1. The lowest BCUT2D eigenvalue weighted by Gasteiger charge is -2.12. The molecule has 0 radical (unpaired) electrons. The Bertz CT molecular complexity index is 1570. The van der Waals surface area contributed by atoms with Crippen LogP contribution in [0.5, 0.6) is 17.2 Å². The summed E-state index contributed by atoms with van der Waals surface area (Å²) < 4.78 is 15.7. The maximum atomic E-state index is 13.3. The highest BCUT2D eigenvalue weighted by molar-refractivity contribution is 8.00. The number of hydrogen-bond donors (Lipinski definition) is 2. The van der Waals surface area contributed by atoms with Crippen LogP contribution in [0.25, 0.3) is 6.08 Å². The second kappa shape index (κ2) is 14.6. The van der Waals surface area contributed by atoms with Crippen molar-refractivity contribution in [3.63, 3.8) is 0 Å². The van der Waals surface area contributed by atoms with Crippen LogP contribution in [0.4, 0.5) is 5.69 Å². The number of Topliss-reactive ketones (excluding diaryl/α,β-unsaturated/α-hetero) is 1. The van der Waals surface area contributed by atoms with Gasteiger partial charge in [0.1, 0.15) is 11.4 Å². The molecule has 4 rings (SSSR count). The molecule has 2 amide bonds. The van der Waals surface area contributed by atoms with Crippen molar-refractivity contribution in [1.29, 1.82) is 0 Å². The minimum Gasteiger partial charge on any atom is -0.497 e. The van der Waals surface area contributed by atoms with Crippen LogP contribution in [-0.4, -0.2) is 44.7 Å². The molecule has 0 saturated carbocycles. The number of hydrogen-bond acceptors (Lipinski definition) is 7. The van der Waals surface area contributed by atoms with E-state index in [1.165, 1.54) is 18.9 Å². The zero-order valence-corrected chi connectivity index (χ0v) is 24.2. The van der Waals surface area contributed by atoms with Gasteiger partial charge in [0, 0.05) is 21.7 Å². The van der Waals surface area contributed by atoms with Crippen LogP contribution in [0.3, 0.4) is 0 Å². The fourth-order valence-electron chi connectivity index (χ4n) is 3.88. The standard InChI is InChI=1S/C33H30N2O6S/c1-39-26-14-9-22(10-15-26)19-28(35-32(37)23-7-5-4-6-8-23)33(38)34-25-12-16-27(17-13-25)42-21-29(36)24-11-18-30(40-2)31(20-24)41-3/h4-20H,21H2,1-3H3,(H,34,38)(H,35,37)/b28-19-. The highest BCUT2D eigenvalue weighted by Crippen LogP contribution is 2.29. The van der Waals surface area contributed by atoms with Crippen LogP contribution in [-0.2, 0) is 4.79 Å². The van der Waals surface area contributed by atoms with Crippen LogP contribution < -0.4 is 24.8 Å². The lowest BCUT2D eigenvalue weighted by atomic mass is 10.1. The summed E-state index contributed by atoms with van der Waals surface area (Å²) in [6.07, 6.45) is 1.60. The summed E-state index contributed by atoms with van der Waals surface area (Å²) in [5.74, 6) is 1.00. The number of amides is 2. The van der Waals surface area contributed by atoms with Crippen LogP contribution in [0.2, 0.25) is 0 Å². The van der Waals surface area contributed by atoms with E-state index in [1.54, 1.807) is 99.2 Å². The lowest BCUT2D eigenvalue weighted by molar-refractivity contribution is -0.113. The third kappa shape index (κ3) is 8.02. The molecule has 9 heteroatoms. The normalized spacial score (nSPS) is 10.9. The Morgan fingerprint density at radius 3 is 2.07 bits per heavy atom. The largest absolute Gasteiger partial charge is 0.497 e. The quantitative estimate of drug-likeness (QED) is 0.118. The summed E-state index contributed by atoms with van der Waals surface area (Å²) in [5, 5.41) is 5.56. The van der Waals surface area contributed by atoms with Gasteiger partial charge in [-0.3, -0.25) is 14.4 Å². The molecule has 42 heavy (non-hydrogen) atoms. The van der Waals surface area contributed by atoms with Gasteiger partial charge in [0.15, 0.2) is 17.3 Å². The van der Waals surface area contributed by atoms with Crippen molar-refractivity contribution in [1.82, 2.24) is 5.32 Å². The highest BCUT2D eigenvalue weighted by atomic mass is 32.2. The topological polar surface area (TPSA) is 103 Å². The van der Waals surface area contributed by atoms with Gasteiger partial charge in [-0.1, -0.05) is 30.3 Å². The molecular weight excluding hydrogens is 552 g/mol. The van der Waals surface area contributed by atoms with Crippen molar-refractivity contribution in [3.05, 3.63) is 119 Å². The number of benzene rings is 4. The Morgan fingerprint density at radius 1 is 0.738 bits per heavy atom. The number of ketones is 1. The lowest BCUT2D eigenvalue weighted by Crippen LogP contribution is -2.30. The molecule has 0 spiro atoms. The first-order valence-corrected chi connectivity index (χ1v) is 13.9. The molecule has 2 N–H and O–H groups in total.